The lowest BCUT2D eigenvalue weighted by molar-refractivity contribution is -0.0535. The highest BCUT2D eigenvalue weighted by atomic mass is 16.7. The molecule has 0 saturated carbocycles. The molecule has 3 saturated heterocycles. The van der Waals surface area contributed by atoms with Crippen LogP contribution in [0.2, 0.25) is 0 Å². The van der Waals surface area contributed by atoms with Gasteiger partial charge in [0.1, 0.15) is 5.60 Å². The summed E-state index contributed by atoms with van der Waals surface area (Å²) in [6.07, 6.45) is 4.09. The zero-order valence-corrected chi connectivity index (χ0v) is 22.6. The van der Waals surface area contributed by atoms with Gasteiger partial charge >= 0.3 is 13.2 Å². The van der Waals surface area contributed by atoms with Gasteiger partial charge in [-0.05, 0) is 91.7 Å². The van der Waals surface area contributed by atoms with Crippen LogP contribution in [0.3, 0.4) is 0 Å². The van der Waals surface area contributed by atoms with Crippen molar-refractivity contribution in [3.05, 3.63) is 24.3 Å². The predicted molar refractivity (Wildman–Crippen MR) is 139 cm³/mol. The van der Waals surface area contributed by atoms with Gasteiger partial charge in [0.05, 0.1) is 23.4 Å². The molecule has 35 heavy (non-hydrogen) atoms. The molecule has 7 nitrogen and oxygen atoms in total. The van der Waals surface area contributed by atoms with E-state index < -0.39 is 5.60 Å². The fourth-order valence-corrected chi connectivity index (χ4v) is 4.84. The molecule has 3 aliphatic heterocycles. The van der Waals surface area contributed by atoms with E-state index in [0.717, 1.165) is 44.2 Å². The Balaban J connectivity index is 1.21. The van der Waals surface area contributed by atoms with Gasteiger partial charge in [-0.1, -0.05) is 12.1 Å². The summed E-state index contributed by atoms with van der Waals surface area (Å²) in [4.78, 5) is 16.5. The highest BCUT2D eigenvalue weighted by molar-refractivity contribution is 6.62. The maximum absolute atomic E-state index is 12.3. The Hall–Kier alpha value is -1.77. The molecule has 0 atom stereocenters. The Kier molecular flexibility index (Phi) is 7.47. The summed E-state index contributed by atoms with van der Waals surface area (Å²) >= 11 is 0. The van der Waals surface area contributed by atoms with Gasteiger partial charge in [0.15, 0.2) is 0 Å². The lowest BCUT2D eigenvalue weighted by Crippen LogP contribution is -2.45. The van der Waals surface area contributed by atoms with Gasteiger partial charge < -0.3 is 28.6 Å². The van der Waals surface area contributed by atoms with Gasteiger partial charge in [0.25, 0.3) is 0 Å². The number of carbonyl (C=O) groups is 1. The summed E-state index contributed by atoms with van der Waals surface area (Å²) in [6.45, 7) is 17.4. The molecule has 1 aromatic carbocycles. The van der Waals surface area contributed by atoms with Crippen molar-refractivity contribution in [2.45, 2.75) is 103 Å². The van der Waals surface area contributed by atoms with E-state index in [0.29, 0.717) is 13.1 Å². The van der Waals surface area contributed by atoms with E-state index in [9.17, 15) is 4.79 Å². The zero-order chi connectivity index (χ0) is 25.4. The smallest absolute Gasteiger partial charge is 0.444 e. The molecule has 0 aliphatic carbocycles. The maximum Gasteiger partial charge on any atom is 0.494 e. The minimum atomic E-state index is -0.454. The average molecular weight is 486 g/mol. The van der Waals surface area contributed by atoms with E-state index in [2.05, 4.69) is 56.9 Å². The number of hydrogen-bond acceptors (Lipinski definition) is 6. The molecule has 0 aromatic heterocycles. The Morgan fingerprint density at radius 3 is 1.86 bits per heavy atom. The number of likely N-dealkylation sites (tertiary alicyclic amines) is 1. The third-order valence-corrected chi connectivity index (χ3v) is 7.70. The Morgan fingerprint density at radius 1 is 0.886 bits per heavy atom. The fraction of sp³-hybridized carbons (Fsp3) is 0.741. The number of piperidine rings is 2. The molecule has 0 N–H and O–H groups in total. The van der Waals surface area contributed by atoms with Crippen LogP contribution < -0.4 is 10.4 Å². The van der Waals surface area contributed by atoms with Crippen molar-refractivity contribution in [3.8, 4) is 0 Å². The highest BCUT2D eigenvalue weighted by Gasteiger charge is 2.51. The Labute approximate surface area is 211 Å². The first-order chi connectivity index (χ1) is 16.3. The van der Waals surface area contributed by atoms with Crippen molar-refractivity contribution in [1.82, 2.24) is 4.90 Å². The predicted octanol–water partition coefficient (Wildman–Crippen LogP) is 4.37. The largest absolute Gasteiger partial charge is 0.494 e. The number of ether oxygens (including phenoxy) is 2. The van der Waals surface area contributed by atoms with Crippen molar-refractivity contribution in [2.24, 2.45) is 0 Å². The van der Waals surface area contributed by atoms with Crippen molar-refractivity contribution >= 4 is 24.4 Å². The maximum atomic E-state index is 12.3. The molecule has 0 spiro atoms. The van der Waals surface area contributed by atoms with E-state index in [1.165, 1.54) is 5.69 Å². The minimum absolute atomic E-state index is 0.214. The van der Waals surface area contributed by atoms with Crippen molar-refractivity contribution in [3.63, 3.8) is 0 Å². The van der Waals surface area contributed by atoms with E-state index in [-0.39, 0.29) is 36.6 Å². The normalized spacial score (nSPS) is 23.6. The lowest BCUT2D eigenvalue weighted by atomic mass is 9.79. The monoisotopic (exact) mass is 486 g/mol. The standard InChI is InChI=1S/C27H43BN2O5/c1-25(2,3)33-24(31)30-18-14-23(15-19-30)32-22-12-16-29(17-13-22)21-10-8-20(9-11-21)28-34-26(4,5)27(6,7)35-28/h8-11,22-23H,12-19H2,1-7H3. The summed E-state index contributed by atoms with van der Waals surface area (Å²) < 4.78 is 24.3. The van der Waals surface area contributed by atoms with Crippen LogP contribution in [0.15, 0.2) is 24.3 Å². The van der Waals surface area contributed by atoms with Crippen LogP contribution in [0.25, 0.3) is 0 Å². The van der Waals surface area contributed by atoms with E-state index in [4.69, 9.17) is 18.8 Å². The Bertz CT molecular complexity index is 851. The van der Waals surface area contributed by atoms with E-state index >= 15 is 0 Å². The second-order valence-electron chi connectivity index (χ2n) is 12.2. The topological polar surface area (TPSA) is 60.5 Å². The second-order valence-corrected chi connectivity index (χ2v) is 12.2. The molecule has 0 radical (unpaired) electrons. The quantitative estimate of drug-likeness (QED) is 0.590. The van der Waals surface area contributed by atoms with Crippen LogP contribution in [0, 0.1) is 0 Å². The summed E-state index contributed by atoms with van der Waals surface area (Å²) in [5.74, 6) is 0. The number of nitrogens with zero attached hydrogens (tertiary/aromatic N) is 2. The third kappa shape index (κ3) is 6.33. The van der Waals surface area contributed by atoms with Crippen molar-refractivity contribution in [2.75, 3.05) is 31.1 Å². The van der Waals surface area contributed by atoms with E-state index in [1.54, 1.807) is 4.90 Å². The Morgan fingerprint density at radius 2 is 1.37 bits per heavy atom. The molecular formula is C27H43BN2O5. The van der Waals surface area contributed by atoms with Gasteiger partial charge in [0, 0.05) is 31.9 Å². The molecule has 0 unspecified atom stereocenters. The van der Waals surface area contributed by atoms with Crippen molar-refractivity contribution in [1.29, 1.82) is 0 Å². The third-order valence-electron chi connectivity index (χ3n) is 7.70. The highest BCUT2D eigenvalue weighted by Crippen LogP contribution is 2.36. The second kappa shape index (κ2) is 9.94. The van der Waals surface area contributed by atoms with Crippen LogP contribution in [0.1, 0.15) is 74.1 Å². The number of rotatable bonds is 4. The van der Waals surface area contributed by atoms with Gasteiger partial charge in [-0.15, -0.1) is 0 Å². The fourth-order valence-electron chi connectivity index (χ4n) is 4.84. The van der Waals surface area contributed by atoms with E-state index in [1.807, 2.05) is 20.8 Å². The minimum Gasteiger partial charge on any atom is -0.444 e. The molecule has 1 aromatic rings. The summed E-state index contributed by atoms with van der Waals surface area (Å²) in [5.41, 5.74) is 1.18. The zero-order valence-electron chi connectivity index (χ0n) is 22.6. The van der Waals surface area contributed by atoms with Crippen LogP contribution in [0.5, 0.6) is 0 Å². The van der Waals surface area contributed by atoms with Crippen molar-refractivity contribution < 1.29 is 23.6 Å². The molecule has 3 heterocycles. The summed E-state index contributed by atoms with van der Waals surface area (Å²) in [6, 6.07) is 8.60. The van der Waals surface area contributed by atoms with Crippen LogP contribution in [-0.2, 0) is 18.8 Å². The lowest BCUT2D eigenvalue weighted by Gasteiger charge is -2.38. The molecule has 194 valence electrons. The first kappa shape index (κ1) is 26.3. The molecular weight excluding hydrogens is 443 g/mol. The summed E-state index contributed by atoms with van der Waals surface area (Å²) in [5, 5.41) is 0. The van der Waals surface area contributed by atoms with Crippen LogP contribution in [0.4, 0.5) is 10.5 Å². The first-order valence-corrected chi connectivity index (χ1v) is 13.2. The number of carbonyl (C=O) groups excluding carboxylic acids is 1. The first-order valence-electron chi connectivity index (χ1n) is 13.2. The van der Waals surface area contributed by atoms with Crippen LogP contribution in [-0.4, -0.2) is 73.3 Å². The van der Waals surface area contributed by atoms with Crippen LogP contribution >= 0.6 is 0 Å². The number of amides is 1. The molecule has 4 rings (SSSR count). The molecule has 8 heteroatoms. The van der Waals surface area contributed by atoms with Gasteiger partial charge in [0.2, 0.25) is 0 Å². The average Bonchev–Trinajstić information content (AvgIpc) is 3.00. The SMILES string of the molecule is CC(C)(C)OC(=O)N1CCC(OC2CCN(c3ccc(B4OC(C)(C)C(C)(C)O4)cc3)CC2)CC1. The molecule has 3 aliphatic rings. The van der Waals surface area contributed by atoms with Gasteiger partial charge in [-0.3, -0.25) is 0 Å². The van der Waals surface area contributed by atoms with Gasteiger partial charge in [-0.25, -0.2) is 4.79 Å². The molecule has 3 fully saturated rings. The summed E-state index contributed by atoms with van der Waals surface area (Å²) in [7, 11) is -0.324. The molecule has 1 amide bonds. The number of anilines is 1. The molecule has 0 bridgehead atoms. The number of hydrogen-bond donors (Lipinski definition) is 0. The number of benzene rings is 1. The van der Waals surface area contributed by atoms with Gasteiger partial charge in [-0.2, -0.15) is 0 Å².